The van der Waals surface area contributed by atoms with E-state index in [9.17, 15) is 9.59 Å². The monoisotopic (exact) mass is 230 g/mol. The van der Waals surface area contributed by atoms with E-state index < -0.39 is 0 Å². The zero-order valence-corrected chi connectivity index (χ0v) is 9.29. The van der Waals surface area contributed by atoms with E-state index in [0.717, 1.165) is 19.4 Å². The molecule has 0 radical (unpaired) electrons. The smallest absolute Gasteiger partial charge is 0.234 e. The normalized spacial score (nSPS) is 25.8. The first-order valence-electron chi connectivity index (χ1n) is 5.33. The Labute approximate surface area is 93.9 Å². The molecule has 2 fully saturated rings. The largest absolute Gasteiger partial charge is 0.355 e. The lowest BCUT2D eigenvalue weighted by atomic mass is 10.1. The molecule has 1 aliphatic carbocycles. The van der Waals surface area contributed by atoms with Gasteiger partial charge < -0.3 is 10.2 Å². The lowest BCUT2D eigenvalue weighted by molar-refractivity contribution is -0.128. The van der Waals surface area contributed by atoms with Crippen molar-refractivity contribution in [1.29, 1.82) is 0 Å². The minimum atomic E-state index is -0.158. The highest BCUT2D eigenvalue weighted by molar-refractivity contribution is 6.27. The van der Waals surface area contributed by atoms with Gasteiger partial charge in [-0.2, -0.15) is 0 Å². The number of hydrogen-bond acceptors (Lipinski definition) is 2. The highest BCUT2D eigenvalue weighted by Crippen LogP contribution is 2.32. The Morgan fingerprint density at radius 3 is 2.87 bits per heavy atom. The summed E-state index contributed by atoms with van der Waals surface area (Å²) in [4.78, 5) is 24.5. The van der Waals surface area contributed by atoms with Crippen LogP contribution in [-0.2, 0) is 9.59 Å². The van der Waals surface area contributed by atoms with Crippen molar-refractivity contribution in [3.63, 3.8) is 0 Å². The second-order valence-electron chi connectivity index (χ2n) is 4.29. The molecule has 1 N–H and O–H groups in total. The number of likely N-dealkylation sites (tertiary alicyclic amines) is 1. The van der Waals surface area contributed by atoms with Gasteiger partial charge >= 0.3 is 0 Å². The van der Waals surface area contributed by atoms with Crippen LogP contribution >= 0.6 is 11.6 Å². The van der Waals surface area contributed by atoms with Crippen LogP contribution in [0.15, 0.2) is 0 Å². The number of carbonyl (C=O) groups is 2. The van der Waals surface area contributed by atoms with Gasteiger partial charge in [0.2, 0.25) is 11.8 Å². The number of nitrogens with zero attached hydrogens (tertiary/aromatic N) is 1. The number of carbonyl (C=O) groups excluding carboxylic acids is 2. The molecule has 1 heterocycles. The van der Waals surface area contributed by atoms with Gasteiger partial charge in [0.1, 0.15) is 5.88 Å². The van der Waals surface area contributed by atoms with Crippen LogP contribution in [0, 0.1) is 5.92 Å². The molecule has 0 bridgehead atoms. The predicted molar refractivity (Wildman–Crippen MR) is 56.6 cm³/mol. The molecule has 4 nitrogen and oxygen atoms in total. The van der Waals surface area contributed by atoms with E-state index >= 15 is 0 Å². The summed E-state index contributed by atoms with van der Waals surface area (Å²) in [6.07, 6.45) is 2.86. The summed E-state index contributed by atoms with van der Waals surface area (Å²) in [6, 6.07) is 0.492. The third-order valence-corrected chi connectivity index (χ3v) is 3.18. The lowest BCUT2D eigenvalue weighted by Crippen LogP contribution is -2.32. The van der Waals surface area contributed by atoms with Crippen LogP contribution in [0.5, 0.6) is 0 Å². The van der Waals surface area contributed by atoms with Crippen molar-refractivity contribution < 1.29 is 9.59 Å². The van der Waals surface area contributed by atoms with Crippen LogP contribution in [0.4, 0.5) is 0 Å². The fraction of sp³-hybridized carbons (Fsp3) is 0.800. The van der Waals surface area contributed by atoms with Crippen LogP contribution in [-0.4, -0.2) is 41.7 Å². The molecule has 0 aromatic rings. The minimum absolute atomic E-state index is 0.00694. The SMILES string of the molecule is O=C(CCl)NCC1CC(=O)N(C2CC2)C1. The van der Waals surface area contributed by atoms with Gasteiger partial charge in [-0.15, -0.1) is 11.6 Å². The molecule has 84 valence electrons. The average Bonchev–Trinajstić information content (AvgIpc) is 3.00. The van der Waals surface area contributed by atoms with E-state index in [2.05, 4.69) is 5.32 Å². The maximum Gasteiger partial charge on any atom is 0.234 e. The summed E-state index contributed by atoms with van der Waals surface area (Å²) >= 11 is 5.37. The van der Waals surface area contributed by atoms with Gasteiger partial charge in [-0.1, -0.05) is 0 Å². The fourth-order valence-corrected chi connectivity index (χ4v) is 2.08. The van der Waals surface area contributed by atoms with E-state index in [4.69, 9.17) is 11.6 Å². The predicted octanol–water partition coefficient (Wildman–Crippen LogP) is 0.352. The topological polar surface area (TPSA) is 49.4 Å². The molecule has 15 heavy (non-hydrogen) atoms. The quantitative estimate of drug-likeness (QED) is 0.709. The lowest BCUT2D eigenvalue weighted by Gasteiger charge is -2.15. The molecule has 1 aliphatic heterocycles. The van der Waals surface area contributed by atoms with E-state index in [-0.39, 0.29) is 23.6 Å². The Morgan fingerprint density at radius 1 is 1.53 bits per heavy atom. The Kier molecular flexibility index (Phi) is 3.14. The molecule has 1 unspecified atom stereocenters. The van der Waals surface area contributed by atoms with Crippen molar-refractivity contribution >= 4 is 23.4 Å². The molecule has 0 aromatic carbocycles. The molecule has 2 aliphatic rings. The first-order chi connectivity index (χ1) is 7.20. The van der Waals surface area contributed by atoms with Crippen molar-refractivity contribution in [1.82, 2.24) is 10.2 Å². The number of amides is 2. The summed E-state index contributed by atoms with van der Waals surface area (Å²) < 4.78 is 0. The molecular formula is C10H15ClN2O2. The zero-order chi connectivity index (χ0) is 10.8. The Bertz CT molecular complexity index is 279. The maximum absolute atomic E-state index is 11.6. The Balaban J connectivity index is 1.76. The highest BCUT2D eigenvalue weighted by atomic mass is 35.5. The summed E-state index contributed by atoms with van der Waals surface area (Å²) in [5.41, 5.74) is 0. The van der Waals surface area contributed by atoms with Gasteiger partial charge in [0.15, 0.2) is 0 Å². The van der Waals surface area contributed by atoms with Gasteiger partial charge in [-0.25, -0.2) is 0 Å². The van der Waals surface area contributed by atoms with Gasteiger partial charge in [-0.3, -0.25) is 9.59 Å². The maximum atomic E-state index is 11.6. The third-order valence-electron chi connectivity index (χ3n) is 2.94. The summed E-state index contributed by atoms with van der Waals surface area (Å²) in [6.45, 7) is 1.37. The molecule has 2 rings (SSSR count). The molecule has 0 spiro atoms. The molecular weight excluding hydrogens is 216 g/mol. The van der Waals surface area contributed by atoms with Crippen LogP contribution in [0.25, 0.3) is 0 Å². The number of halogens is 1. The van der Waals surface area contributed by atoms with E-state index in [0.29, 0.717) is 19.0 Å². The molecule has 1 saturated carbocycles. The van der Waals surface area contributed by atoms with Crippen molar-refractivity contribution in [2.45, 2.75) is 25.3 Å². The van der Waals surface area contributed by atoms with Crippen LogP contribution in [0.1, 0.15) is 19.3 Å². The number of alkyl halides is 1. The van der Waals surface area contributed by atoms with Crippen molar-refractivity contribution in [2.75, 3.05) is 19.0 Å². The average molecular weight is 231 g/mol. The minimum Gasteiger partial charge on any atom is -0.355 e. The third kappa shape index (κ3) is 2.62. The number of nitrogens with one attached hydrogen (secondary N) is 1. The second kappa shape index (κ2) is 4.39. The fourth-order valence-electron chi connectivity index (χ4n) is 1.99. The molecule has 1 saturated heterocycles. The summed E-state index contributed by atoms with van der Waals surface area (Å²) in [7, 11) is 0. The second-order valence-corrected chi connectivity index (χ2v) is 4.55. The Hall–Kier alpha value is -0.770. The first-order valence-corrected chi connectivity index (χ1v) is 5.86. The van der Waals surface area contributed by atoms with E-state index in [1.54, 1.807) is 0 Å². The van der Waals surface area contributed by atoms with Crippen LogP contribution < -0.4 is 5.32 Å². The van der Waals surface area contributed by atoms with E-state index in [1.165, 1.54) is 0 Å². The Morgan fingerprint density at radius 2 is 2.27 bits per heavy atom. The standard InChI is InChI=1S/C10H15ClN2O2/c11-4-9(14)12-5-7-3-10(15)13(6-7)8-1-2-8/h7-8H,1-6H2,(H,12,14). The van der Waals surface area contributed by atoms with Crippen molar-refractivity contribution in [3.8, 4) is 0 Å². The van der Waals surface area contributed by atoms with Crippen molar-refractivity contribution in [2.24, 2.45) is 5.92 Å². The summed E-state index contributed by atoms with van der Waals surface area (Å²) in [5.74, 6) is 0.342. The molecule has 2 amide bonds. The highest BCUT2D eigenvalue weighted by Gasteiger charge is 2.39. The van der Waals surface area contributed by atoms with Gasteiger partial charge in [0.05, 0.1) is 0 Å². The number of hydrogen-bond donors (Lipinski definition) is 1. The van der Waals surface area contributed by atoms with Crippen molar-refractivity contribution in [3.05, 3.63) is 0 Å². The van der Waals surface area contributed by atoms with Gasteiger partial charge in [-0.05, 0) is 12.8 Å². The molecule has 5 heteroatoms. The number of rotatable bonds is 4. The zero-order valence-electron chi connectivity index (χ0n) is 8.54. The van der Waals surface area contributed by atoms with Crippen LogP contribution in [0.3, 0.4) is 0 Å². The first kappa shape index (κ1) is 10.7. The van der Waals surface area contributed by atoms with Crippen LogP contribution in [0.2, 0.25) is 0 Å². The van der Waals surface area contributed by atoms with E-state index in [1.807, 2.05) is 4.90 Å². The summed E-state index contributed by atoms with van der Waals surface area (Å²) in [5, 5.41) is 2.72. The van der Waals surface area contributed by atoms with Gasteiger partial charge in [0.25, 0.3) is 0 Å². The van der Waals surface area contributed by atoms with Gasteiger partial charge in [0, 0.05) is 31.5 Å². The molecule has 1 atom stereocenters. The molecule has 0 aromatic heterocycles.